The molecule has 1 aromatic rings. The van der Waals surface area contributed by atoms with Crippen molar-refractivity contribution in [3.63, 3.8) is 0 Å². The van der Waals surface area contributed by atoms with Crippen molar-refractivity contribution in [2.75, 3.05) is 13.1 Å². The van der Waals surface area contributed by atoms with Crippen molar-refractivity contribution in [2.45, 2.75) is 31.9 Å². The van der Waals surface area contributed by atoms with Gasteiger partial charge in [0.15, 0.2) is 0 Å². The molecule has 0 bridgehead atoms. The van der Waals surface area contributed by atoms with Crippen LogP contribution in [0.4, 0.5) is 13.2 Å². The van der Waals surface area contributed by atoms with Gasteiger partial charge in [0.1, 0.15) is 0 Å². The molecule has 3 nitrogen and oxygen atoms in total. The van der Waals surface area contributed by atoms with E-state index in [9.17, 15) is 13.2 Å². The third kappa shape index (κ3) is 6.99. The topological polar surface area (TPSA) is 29.9 Å². The van der Waals surface area contributed by atoms with Crippen molar-refractivity contribution < 1.29 is 13.2 Å². The monoisotopic (exact) mass is 249 g/mol. The molecule has 0 atom stereocenters. The van der Waals surface area contributed by atoms with E-state index in [2.05, 4.69) is 10.4 Å². The molecule has 0 aliphatic rings. The van der Waals surface area contributed by atoms with Crippen molar-refractivity contribution >= 4 is 0 Å². The summed E-state index contributed by atoms with van der Waals surface area (Å²) in [6, 6.07) is 0. The lowest BCUT2D eigenvalue weighted by molar-refractivity contribution is -0.135. The van der Waals surface area contributed by atoms with Crippen LogP contribution in [-0.2, 0) is 13.5 Å². The Morgan fingerprint density at radius 2 is 2.06 bits per heavy atom. The Balaban J connectivity index is 1.95. The lowest BCUT2D eigenvalue weighted by atomic mass is 10.2. The molecule has 1 aromatic heterocycles. The number of alkyl halides is 3. The van der Waals surface area contributed by atoms with Gasteiger partial charge in [0.2, 0.25) is 0 Å². The molecule has 98 valence electrons. The lowest BCUT2D eigenvalue weighted by Gasteiger charge is -2.06. The molecular weight excluding hydrogens is 231 g/mol. The van der Waals surface area contributed by atoms with E-state index < -0.39 is 12.6 Å². The Labute approximate surface area is 99.0 Å². The second kappa shape index (κ2) is 6.64. The van der Waals surface area contributed by atoms with Crippen LogP contribution in [-0.4, -0.2) is 29.0 Å². The largest absolute Gasteiger partial charge is 0.389 e. The average Bonchev–Trinajstić information content (AvgIpc) is 2.61. The van der Waals surface area contributed by atoms with Crippen LogP contribution >= 0.6 is 0 Å². The van der Waals surface area contributed by atoms with Gasteiger partial charge in [-0.15, -0.1) is 0 Å². The van der Waals surface area contributed by atoms with Gasteiger partial charge in [0, 0.05) is 19.7 Å². The molecule has 0 amide bonds. The highest BCUT2D eigenvalue weighted by Crippen LogP contribution is 2.21. The summed E-state index contributed by atoms with van der Waals surface area (Å²) in [5.41, 5.74) is 1.13. The summed E-state index contributed by atoms with van der Waals surface area (Å²) >= 11 is 0. The number of nitrogens with one attached hydrogen (secondary N) is 1. The normalized spacial score (nSPS) is 12.0. The highest BCUT2D eigenvalue weighted by molar-refractivity contribution is 5.03. The van der Waals surface area contributed by atoms with Gasteiger partial charge in [-0.05, 0) is 37.9 Å². The van der Waals surface area contributed by atoms with Crippen LogP contribution in [0.1, 0.15) is 24.8 Å². The van der Waals surface area contributed by atoms with Gasteiger partial charge in [-0.25, -0.2) is 0 Å². The minimum Gasteiger partial charge on any atom is -0.316 e. The smallest absolute Gasteiger partial charge is 0.316 e. The standard InChI is InChI=1S/C11H18F3N3/c1-17-9-10(8-16-17)4-7-15-6-3-2-5-11(12,13)14/h8-9,15H,2-7H2,1H3. The van der Waals surface area contributed by atoms with Crippen LogP contribution in [0.25, 0.3) is 0 Å². The highest BCUT2D eigenvalue weighted by atomic mass is 19.4. The van der Waals surface area contributed by atoms with Crippen LogP contribution in [0.15, 0.2) is 12.4 Å². The zero-order valence-electron chi connectivity index (χ0n) is 9.93. The van der Waals surface area contributed by atoms with Crippen molar-refractivity contribution in [1.29, 1.82) is 0 Å². The quantitative estimate of drug-likeness (QED) is 0.751. The molecule has 0 saturated heterocycles. The molecule has 0 aliphatic carbocycles. The molecule has 17 heavy (non-hydrogen) atoms. The second-order valence-electron chi connectivity index (χ2n) is 4.09. The average molecular weight is 249 g/mol. The summed E-state index contributed by atoms with van der Waals surface area (Å²) in [5, 5.41) is 7.16. The summed E-state index contributed by atoms with van der Waals surface area (Å²) in [6.07, 6.45) is 0.646. The molecular formula is C11H18F3N3. The Hall–Kier alpha value is -1.04. The zero-order chi connectivity index (χ0) is 12.7. The highest BCUT2D eigenvalue weighted by Gasteiger charge is 2.25. The van der Waals surface area contributed by atoms with Crippen LogP contribution < -0.4 is 5.32 Å². The molecule has 0 spiro atoms. The molecule has 0 aliphatic heterocycles. The maximum absolute atomic E-state index is 11.8. The number of hydrogen-bond acceptors (Lipinski definition) is 2. The van der Waals surface area contributed by atoms with Crippen LogP contribution in [0.3, 0.4) is 0 Å². The van der Waals surface area contributed by atoms with E-state index in [0.29, 0.717) is 13.0 Å². The first-order valence-corrected chi connectivity index (χ1v) is 5.72. The molecule has 1 rings (SSSR count). The van der Waals surface area contributed by atoms with E-state index >= 15 is 0 Å². The molecule has 0 saturated carbocycles. The van der Waals surface area contributed by atoms with Crippen molar-refractivity contribution in [1.82, 2.24) is 15.1 Å². The maximum atomic E-state index is 11.8. The van der Waals surface area contributed by atoms with Crippen LogP contribution in [0.2, 0.25) is 0 Å². The minimum atomic E-state index is -4.02. The lowest BCUT2D eigenvalue weighted by Crippen LogP contribution is -2.19. The number of halogens is 3. The molecule has 1 heterocycles. The molecule has 0 unspecified atom stereocenters. The Bertz CT molecular complexity index is 320. The fourth-order valence-electron chi connectivity index (χ4n) is 1.53. The van der Waals surface area contributed by atoms with Gasteiger partial charge in [-0.3, -0.25) is 4.68 Å². The Morgan fingerprint density at radius 1 is 1.29 bits per heavy atom. The number of hydrogen-bond donors (Lipinski definition) is 1. The molecule has 0 fully saturated rings. The van der Waals surface area contributed by atoms with Gasteiger partial charge < -0.3 is 5.32 Å². The minimum absolute atomic E-state index is 0.198. The van der Waals surface area contributed by atoms with E-state index in [-0.39, 0.29) is 6.42 Å². The fourth-order valence-corrected chi connectivity index (χ4v) is 1.53. The molecule has 1 N–H and O–H groups in total. The predicted octanol–water partition coefficient (Wildman–Crippen LogP) is 2.28. The molecule has 0 radical (unpaired) electrons. The number of aromatic nitrogens is 2. The summed E-state index contributed by atoms with van der Waals surface area (Å²) < 4.78 is 37.2. The van der Waals surface area contributed by atoms with E-state index in [1.807, 2.05) is 13.2 Å². The van der Waals surface area contributed by atoms with Crippen LogP contribution in [0, 0.1) is 0 Å². The Kier molecular flexibility index (Phi) is 5.47. The summed E-state index contributed by atoms with van der Waals surface area (Å²) in [4.78, 5) is 0. The fraction of sp³-hybridized carbons (Fsp3) is 0.727. The van der Waals surface area contributed by atoms with E-state index in [4.69, 9.17) is 0 Å². The van der Waals surface area contributed by atoms with Crippen LogP contribution in [0.5, 0.6) is 0 Å². The maximum Gasteiger partial charge on any atom is 0.389 e. The molecule has 6 heteroatoms. The zero-order valence-corrected chi connectivity index (χ0v) is 9.93. The summed E-state index contributed by atoms with van der Waals surface area (Å²) in [6.45, 7) is 1.41. The number of rotatable bonds is 7. The van der Waals surface area contributed by atoms with Gasteiger partial charge in [-0.2, -0.15) is 18.3 Å². The van der Waals surface area contributed by atoms with E-state index in [1.165, 1.54) is 0 Å². The first kappa shape index (κ1) is 14.0. The summed E-state index contributed by atoms with van der Waals surface area (Å²) in [7, 11) is 1.86. The first-order valence-electron chi connectivity index (χ1n) is 5.72. The van der Waals surface area contributed by atoms with E-state index in [0.717, 1.165) is 18.5 Å². The van der Waals surface area contributed by atoms with Gasteiger partial charge in [-0.1, -0.05) is 0 Å². The van der Waals surface area contributed by atoms with Gasteiger partial charge in [0.25, 0.3) is 0 Å². The van der Waals surface area contributed by atoms with Crippen molar-refractivity contribution in [2.24, 2.45) is 7.05 Å². The van der Waals surface area contributed by atoms with Crippen molar-refractivity contribution in [3.8, 4) is 0 Å². The predicted molar refractivity (Wildman–Crippen MR) is 59.7 cm³/mol. The van der Waals surface area contributed by atoms with E-state index in [1.54, 1.807) is 10.9 Å². The van der Waals surface area contributed by atoms with Gasteiger partial charge >= 0.3 is 6.18 Å². The first-order chi connectivity index (χ1) is 7.97. The Morgan fingerprint density at radius 3 is 2.65 bits per heavy atom. The second-order valence-corrected chi connectivity index (χ2v) is 4.09. The third-order valence-electron chi connectivity index (χ3n) is 2.41. The summed E-state index contributed by atoms with van der Waals surface area (Å²) in [5.74, 6) is 0. The SMILES string of the molecule is Cn1cc(CCNCCCCC(F)(F)F)cn1. The van der Waals surface area contributed by atoms with Gasteiger partial charge in [0.05, 0.1) is 6.20 Å². The molecule has 0 aromatic carbocycles. The number of unbranched alkanes of at least 4 members (excludes halogenated alkanes) is 1. The number of nitrogens with zero attached hydrogens (tertiary/aromatic N) is 2. The number of aryl methyl sites for hydroxylation is 1. The van der Waals surface area contributed by atoms with Crippen molar-refractivity contribution in [3.05, 3.63) is 18.0 Å². The third-order valence-corrected chi connectivity index (χ3v) is 2.41.